The second-order valence-corrected chi connectivity index (χ2v) is 4.32. The Labute approximate surface area is 110 Å². The number of aliphatic hydroxyl groups excluding tert-OH is 4. The lowest BCUT2D eigenvalue weighted by Gasteiger charge is -2.22. The minimum absolute atomic E-state index is 0.219. The van der Waals surface area contributed by atoms with E-state index in [0.29, 0.717) is 6.21 Å². The van der Waals surface area contributed by atoms with Crippen LogP contribution in [0.2, 0.25) is 0 Å². The number of rotatable bonds is 9. The molecular formula is C11H20FNO6. The molecule has 0 radical (unpaired) electrons. The fourth-order valence-electron chi connectivity index (χ4n) is 0.981. The number of carbonyl (C=O) groups excluding carboxylic acids is 1. The number of hydrogen-bond donors (Lipinski definition) is 4. The molecule has 19 heavy (non-hydrogen) atoms. The predicted octanol–water partition coefficient (Wildman–Crippen LogP) is -1.37. The highest BCUT2D eigenvalue weighted by Crippen LogP contribution is 2.06. The summed E-state index contributed by atoms with van der Waals surface area (Å²) in [4.78, 5) is 15.6. The second kappa shape index (κ2) is 8.92. The van der Waals surface area contributed by atoms with Crippen LogP contribution in [-0.4, -0.2) is 70.1 Å². The maximum atomic E-state index is 13.3. The number of Topliss-reactive ketones (excluding diaryl/α,β-unsaturated/α-hetero) is 1. The Balaban J connectivity index is 4.15. The van der Waals surface area contributed by atoms with Gasteiger partial charge < -0.3 is 25.3 Å². The molecule has 0 heterocycles. The van der Waals surface area contributed by atoms with Gasteiger partial charge in [-0.25, -0.2) is 4.39 Å². The standard InChI is InChI=1S/C11H20FNO6/c1-6(2)9(16)5-19-13-3-7(12)10(17)11(18)8(15)4-14/h3,6-8,10-11,14-15,17-18H,4-5H2,1-2H3/b13-3-/i12-1. The number of aliphatic hydroxyl groups is 4. The van der Waals surface area contributed by atoms with Gasteiger partial charge in [-0.15, -0.1) is 0 Å². The summed E-state index contributed by atoms with van der Waals surface area (Å²) < 4.78 is 13.3. The molecule has 8 heteroatoms. The van der Waals surface area contributed by atoms with Gasteiger partial charge in [-0.3, -0.25) is 4.79 Å². The molecule has 0 rings (SSSR count). The molecule has 0 saturated heterocycles. The molecule has 0 amide bonds. The summed E-state index contributed by atoms with van der Waals surface area (Å²) in [5.74, 6) is -0.452. The Bertz CT molecular complexity index is 299. The molecule has 0 spiro atoms. The van der Waals surface area contributed by atoms with Crippen molar-refractivity contribution in [1.29, 1.82) is 0 Å². The van der Waals surface area contributed by atoms with E-state index in [1.54, 1.807) is 13.8 Å². The summed E-state index contributed by atoms with van der Waals surface area (Å²) in [7, 11) is 0. The number of alkyl halides is 1. The van der Waals surface area contributed by atoms with Crippen molar-refractivity contribution in [2.45, 2.75) is 38.3 Å². The van der Waals surface area contributed by atoms with Crippen molar-refractivity contribution in [3.8, 4) is 0 Å². The van der Waals surface area contributed by atoms with Crippen LogP contribution in [0.25, 0.3) is 0 Å². The van der Waals surface area contributed by atoms with Crippen molar-refractivity contribution >= 4 is 12.0 Å². The minimum atomic E-state index is -2.11. The van der Waals surface area contributed by atoms with Crippen molar-refractivity contribution in [2.75, 3.05) is 13.2 Å². The molecule has 0 fully saturated rings. The largest absolute Gasteiger partial charge is 0.394 e. The quantitative estimate of drug-likeness (QED) is 0.305. The molecule has 4 N–H and O–H groups in total. The van der Waals surface area contributed by atoms with E-state index in [4.69, 9.17) is 10.2 Å². The SMILES string of the molecule is CC(C)C(=O)CO/N=C\C([18F])C(O)C(O)C(O)CO. The maximum absolute atomic E-state index is 13.3. The van der Waals surface area contributed by atoms with Crippen LogP contribution < -0.4 is 0 Å². The Kier molecular flexibility index (Phi) is 8.41. The smallest absolute Gasteiger partial charge is 0.175 e. The highest BCUT2D eigenvalue weighted by molar-refractivity contribution is 5.81. The van der Waals surface area contributed by atoms with Crippen LogP contribution >= 0.6 is 0 Å². The molecule has 7 nitrogen and oxygen atoms in total. The third-order valence-electron chi connectivity index (χ3n) is 2.39. The molecular weight excluding hydrogens is 260 g/mol. The second-order valence-electron chi connectivity index (χ2n) is 4.32. The predicted molar refractivity (Wildman–Crippen MR) is 64.3 cm³/mol. The first-order valence-electron chi connectivity index (χ1n) is 5.78. The Morgan fingerprint density at radius 1 is 1.32 bits per heavy atom. The van der Waals surface area contributed by atoms with Gasteiger partial charge in [-0.05, 0) is 0 Å². The lowest BCUT2D eigenvalue weighted by atomic mass is 10.1. The molecule has 4 unspecified atom stereocenters. The Morgan fingerprint density at radius 2 is 1.89 bits per heavy atom. The van der Waals surface area contributed by atoms with E-state index in [1.165, 1.54) is 0 Å². The number of carbonyl (C=O) groups is 1. The van der Waals surface area contributed by atoms with Crippen LogP contribution in [0.3, 0.4) is 0 Å². The van der Waals surface area contributed by atoms with Gasteiger partial charge in [0, 0.05) is 5.92 Å². The van der Waals surface area contributed by atoms with Crippen molar-refractivity contribution in [3.63, 3.8) is 0 Å². The topological polar surface area (TPSA) is 120 Å². The first-order valence-corrected chi connectivity index (χ1v) is 5.78. The number of oxime groups is 1. The summed E-state index contributed by atoms with van der Waals surface area (Å²) in [6, 6.07) is 0. The highest BCUT2D eigenvalue weighted by Gasteiger charge is 2.30. The lowest BCUT2D eigenvalue weighted by Crippen LogP contribution is -2.44. The molecule has 0 aromatic carbocycles. The summed E-state index contributed by atoms with van der Waals surface area (Å²) in [5.41, 5.74) is 0. The van der Waals surface area contributed by atoms with E-state index in [2.05, 4.69) is 9.99 Å². The zero-order valence-corrected chi connectivity index (χ0v) is 10.8. The summed E-state index contributed by atoms with van der Waals surface area (Å²) in [5, 5.41) is 39.2. The zero-order chi connectivity index (χ0) is 15.0. The van der Waals surface area contributed by atoms with Crippen molar-refractivity contribution in [1.82, 2.24) is 0 Å². The van der Waals surface area contributed by atoms with Gasteiger partial charge in [0.25, 0.3) is 0 Å². The van der Waals surface area contributed by atoms with E-state index in [0.717, 1.165) is 0 Å². The van der Waals surface area contributed by atoms with Crippen LogP contribution in [0.15, 0.2) is 5.16 Å². The van der Waals surface area contributed by atoms with Crippen LogP contribution in [0.5, 0.6) is 0 Å². The maximum Gasteiger partial charge on any atom is 0.175 e. The van der Waals surface area contributed by atoms with Gasteiger partial charge in [-0.1, -0.05) is 19.0 Å². The first kappa shape index (κ1) is 17.9. The van der Waals surface area contributed by atoms with Crippen molar-refractivity contribution < 1.29 is 34.4 Å². The minimum Gasteiger partial charge on any atom is -0.394 e. The number of halogens is 1. The zero-order valence-electron chi connectivity index (χ0n) is 10.8. The number of ketones is 1. The monoisotopic (exact) mass is 280 g/mol. The van der Waals surface area contributed by atoms with Crippen LogP contribution in [0.1, 0.15) is 13.8 Å². The first-order chi connectivity index (χ1) is 8.81. The molecule has 0 aliphatic rings. The third-order valence-corrected chi connectivity index (χ3v) is 2.39. The van der Waals surface area contributed by atoms with Crippen LogP contribution in [-0.2, 0) is 9.63 Å². The molecule has 0 aromatic heterocycles. The number of hydrogen-bond acceptors (Lipinski definition) is 7. The summed E-state index contributed by atoms with van der Waals surface area (Å²) >= 11 is 0. The van der Waals surface area contributed by atoms with Gasteiger partial charge in [-0.2, -0.15) is 0 Å². The molecule has 0 aliphatic heterocycles. The van der Waals surface area contributed by atoms with E-state index < -0.39 is 31.1 Å². The fourth-order valence-corrected chi connectivity index (χ4v) is 0.981. The van der Waals surface area contributed by atoms with Gasteiger partial charge in [0.1, 0.15) is 18.3 Å². The van der Waals surface area contributed by atoms with Gasteiger partial charge in [0.2, 0.25) is 0 Å². The molecule has 0 bridgehead atoms. The molecule has 0 aliphatic carbocycles. The van der Waals surface area contributed by atoms with E-state index in [-0.39, 0.29) is 18.3 Å². The lowest BCUT2D eigenvalue weighted by molar-refractivity contribution is -0.126. The van der Waals surface area contributed by atoms with E-state index >= 15 is 0 Å². The normalized spacial score (nSPS) is 18.3. The van der Waals surface area contributed by atoms with Crippen molar-refractivity contribution in [3.05, 3.63) is 0 Å². The molecule has 0 saturated carbocycles. The summed E-state index contributed by atoms with van der Waals surface area (Å²) in [6.45, 7) is 2.20. The average molecular weight is 280 g/mol. The average Bonchev–Trinajstić information content (AvgIpc) is 2.39. The van der Waals surface area contributed by atoms with Gasteiger partial charge in [0.05, 0.1) is 12.8 Å². The molecule has 112 valence electrons. The number of nitrogens with zero attached hydrogens (tertiary/aromatic N) is 1. The molecule has 0 aromatic rings. The van der Waals surface area contributed by atoms with E-state index in [9.17, 15) is 19.4 Å². The fraction of sp³-hybridized carbons (Fsp3) is 0.818. The summed E-state index contributed by atoms with van der Waals surface area (Å²) in [6.07, 6.45) is -7.03. The van der Waals surface area contributed by atoms with Crippen LogP contribution in [0, 0.1) is 5.92 Å². The van der Waals surface area contributed by atoms with Gasteiger partial charge in [0.15, 0.2) is 18.6 Å². The van der Waals surface area contributed by atoms with Gasteiger partial charge >= 0.3 is 0 Å². The Morgan fingerprint density at radius 3 is 2.37 bits per heavy atom. The van der Waals surface area contributed by atoms with Crippen LogP contribution in [0.4, 0.5) is 4.39 Å². The van der Waals surface area contributed by atoms with E-state index in [1.807, 2.05) is 0 Å². The van der Waals surface area contributed by atoms with Crippen molar-refractivity contribution in [2.24, 2.45) is 11.1 Å². The highest BCUT2D eigenvalue weighted by atomic mass is 18.2. The Hall–Kier alpha value is -1.09. The molecule has 4 atom stereocenters. The third kappa shape index (κ3) is 6.58.